The molecule has 2 aromatic rings. The van der Waals surface area contributed by atoms with E-state index in [9.17, 15) is 14.0 Å². The van der Waals surface area contributed by atoms with E-state index in [2.05, 4.69) is 0 Å². The highest BCUT2D eigenvalue weighted by Gasteiger charge is 2.52. The van der Waals surface area contributed by atoms with E-state index < -0.39 is 23.4 Å². The van der Waals surface area contributed by atoms with Gasteiger partial charge in [-0.25, -0.2) is 4.39 Å². The Labute approximate surface area is 173 Å². The molecular weight excluding hydrogens is 393 g/mol. The third-order valence-corrected chi connectivity index (χ3v) is 5.97. The van der Waals surface area contributed by atoms with Crippen molar-refractivity contribution in [3.63, 3.8) is 0 Å². The van der Waals surface area contributed by atoms with Crippen molar-refractivity contribution in [2.45, 2.75) is 43.8 Å². The largest absolute Gasteiger partial charge is 0.368 e. The summed E-state index contributed by atoms with van der Waals surface area (Å²) in [5.41, 5.74) is 6.33. The SMILES string of the molecule is NC(=O)C(c1ccc(F)c(Cl)c1)N1C(=O)C(c2ccccc2)=NC12CCCCC2. The van der Waals surface area contributed by atoms with Crippen molar-refractivity contribution in [2.75, 3.05) is 0 Å². The molecule has 1 fully saturated rings. The van der Waals surface area contributed by atoms with Gasteiger partial charge in [-0.2, -0.15) is 0 Å². The van der Waals surface area contributed by atoms with Crippen molar-refractivity contribution >= 4 is 29.1 Å². The van der Waals surface area contributed by atoms with Gasteiger partial charge in [0.05, 0.1) is 5.02 Å². The quantitative estimate of drug-likeness (QED) is 0.822. The highest BCUT2D eigenvalue weighted by molar-refractivity contribution is 6.47. The molecule has 7 heteroatoms. The Hall–Kier alpha value is -2.73. The number of nitrogens with zero attached hydrogens (tertiary/aromatic N) is 2. The zero-order valence-corrected chi connectivity index (χ0v) is 16.5. The van der Waals surface area contributed by atoms with Gasteiger partial charge in [0.2, 0.25) is 5.91 Å². The second-order valence-corrected chi connectivity index (χ2v) is 7.93. The minimum atomic E-state index is -1.08. The Bertz CT molecular complexity index is 987. The molecule has 29 heavy (non-hydrogen) atoms. The van der Waals surface area contributed by atoms with E-state index in [0.29, 0.717) is 29.7 Å². The fraction of sp³-hybridized carbons (Fsp3) is 0.318. The third kappa shape index (κ3) is 3.42. The van der Waals surface area contributed by atoms with Gasteiger partial charge in [-0.3, -0.25) is 19.5 Å². The normalized spacial score (nSPS) is 19.3. The predicted octanol–water partition coefficient (Wildman–Crippen LogP) is 4.00. The zero-order valence-electron chi connectivity index (χ0n) is 15.8. The number of carbonyl (C=O) groups is 2. The molecule has 0 bridgehead atoms. The molecule has 1 saturated carbocycles. The maximum Gasteiger partial charge on any atom is 0.275 e. The van der Waals surface area contributed by atoms with Gasteiger partial charge in [0.15, 0.2) is 0 Å². The van der Waals surface area contributed by atoms with Gasteiger partial charge in [-0.05, 0) is 43.4 Å². The smallest absolute Gasteiger partial charge is 0.275 e. The fourth-order valence-corrected chi connectivity index (χ4v) is 4.54. The van der Waals surface area contributed by atoms with Crippen LogP contribution in [0.25, 0.3) is 0 Å². The maximum atomic E-state index is 13.7. The Morgan fingerprint density at radius 2 is 1.83 bits per heavy atom. The molecule has 4 rings (SSSR count). The van der Waals surface area contributed by atoms with Gasteiger partial charge in [0.25, 0.3) is 5.91 Å². The lowest BCUT2D eigenvalue weighted by atomic mass is 9.86. The second kappa shape index (κ2) is 7.59. The first-order chi connectivity index (χ1) is 13.9. The van der Waals surface area contributed by atoms with Gasteiger partial charge < -0.3 is 5.73 Å². The molecule has 0 radical (unpaired) electrons. The van der Waals surface area contributed by atoms with Crippen LogP contribution in [0.3, 0.4) is 0 Å². The van der Waals surface area contributed by atoms with Crippen LogP contribution in [0, 0.1) is 5.82 Å². The van der Waals surface area contributed by atoms with Crippen molar-refractivity contribution in [1.82, 2.24) is 4.90 Å². The first-order valence-electron chi connectivity index (χ1n) is 9.66. The van der Waals surface area contributed by atoms with Crippen LogP contribution in [0.1, 0.15) is 49.3 Å². The van der Waals surface area contributed by atoms with E-state index in [1.165, 1.54) is 23.1 Å². The van der Waals surface area contributed by atoms with Gasteiger partial charge in [-0.15, -0.1) is 0 Å². The van der Waals surface area contributed by atoms with Crippen molar-refractivity contribution in [1.29, 1.82) is 0 Å². The molecule has 1 atom stereocenters. The van der Waals surface area contributed by atoms with E-state index in [0.717, 1.165) is 19.3 Å². The lowest BCUT2D eigenvalue weighted by Gasteiger charge is -2.42. The summed E-state index contributed by atoms with van der Waals surface area (Å²) in [6.45, 7) is 0. The number of nitrogens with two attached hydrogens (primary N) is 1. The van der Waals surface area contributed by atoms with Crippen LogP contribution in [0.2, 0.25) is 5.02 Å². The summed E-state index contributed by atoms with van der Waals surface area (Å²) in [6, 6.07) is 12.1. The molecule has 1 heterocycles. The number of amides is 2. The monoisotopic (exact) mass is 413 g/mol. The Morgan fingerprint density at radius 1 is 1.14 bits per heavy atom. The van der Waals surface area contributed by atoms with Crippen molar-refractivity contribution in [3.8, 4) is 0 Å². The standard InChI is InChI=1S/C22H21ClFN3O2/c23-16-13-15(9-10-17(16)24)19(20(25)28)27-21(29)18(14-7-3-1-4-8-14)26-22(27)11-5-2-6-12-22/h1,3-4,7-10,13,19H,2,5-6,11-12H2,(H2,25,28). The van der Waals surface area contributed by atoms with Crippen LogP contribution in [0.4, 0.5) is 4.39 Å². The first-order valence-corrected chi connectivity index (χ1v) is 10.0. The molecule has 2 aliphatic rings. The molecule has 2 N–H and O–H groups in total. The van der Waals surface area contributed by atoms with Crippen LogP contribution in [0.5, 0.6) is 0 Å². The fourth-order valence-electron chi connectivity index (χ4n) is 4.35. The summed E-state index contributed by atoms with van der Waals surface area (Å²) in [5, 5.41) is -0.123. The van der Waals surface area contributed by atoms with E-state index in [4.69, 9.17) is 22.3 Å². The van der Waals surface area contributed by atoms with Gasteiger partial charge >= 0.3 is 0 Å². The number of aliphatic imine (C=N–C) groups is 1. The Balaban J connectivity index is 1.84. The number of hydrogen-bond acceptors (Lipinski definition) is 3. The van der Waals surface area contributed by atoms with Crippen LogP contribution < -0.4 is 5.73 Å². The number of primary amides is 1. The van der Waals surface area contributed by atoms with Gasteiger partial charge in [0.1, 0.15) is 23.2 Å². The van der Waals surface area contributed by atoms with Gasteiger partial charge in [0, 0.05) is 5.56 Å². The number of hydrogen-bond donors (Lipinski definition) is 1. The average Bonchev–Trinajstić information content (AvgIpc) is 2.98. The zero-order chi connectivity index (χ0) is 20.6. The van der Waals surface area contributed by atoms with E-state index in [-0.39, 0.29) is 10.9 Å². The number of rotatable bonds is 4. The van der Waals surface area contributed by atoms with Crippen molar-refractivity contribution in [3.05, 3.63) is 70.5 Å². The average molecular weight is 414 g/mol. The molecule has 2 amide bonds. The third-order valence-electron chi connectivity index (χ3n) is 5.68. The summed E-state index contributed by atoms with van der Waals surface area (Å²) >= 11 is 5.95. The minimum Gasteiger partial charge on any atom is -0.368 e. The molecule has 1 unspecified atom stereocenters. The van der Waals surface area contributed by atoms with Gasteiger partial charge in [-0.1, -0.05) is 54.4 Å². The maximum absolute atomic E-state index is 13.7. The molecule has 0 aromatic heterocycles. The highest BCUT2D eigenvalue weighted by atomic mass is 35.5. The van der Waals surface area contributed by atoms with Crippen LogP contribution >= 0.6 is 11.6 Å². The summed E-state index contributed by atoms with van der Waals surface area (Å²) in [6.07, 6.45) is 4.13. The van der Waals surface area contributed by atoms with Crippen LogP contribution in [-0.2, 0) is 9.59 Å². The molecule has 1 spiro atoms. The van der Waals surface area contributed by atoms with E-state index >= 15 is 0 Å². The topological polar surface area (TPSA) is 75.8 Å². The number of halogens is 2. The predicted molar refractivity (Wildman–Crippen MR) is 109 cm³/mol. The molecule has 1 aliphatic heterocycles. The molecule has 0 saturated heterocycles. The highest BCUT2D eigenvalue weighted by Crippen LogP contribution is 2.44. The molecule has 5 nitrogen and oxygen atoms in total. The van der Waals surface area contributed by atoms with Crippen LogP contribution in [0.15, 0.2) is 53.5 Å². The number of carbonyl (C=O) groups excluding carboxylic acids is 2. The molecule has 2 aromatic carbocycles. The lowest BCUT2D eigenvalue weighted by Crippen LogP contribution is -2.53. The summed E-state index contributed by atoms with van der Waals surface area (Å²) in [5.74, 6) is -1.64. The van der Waals surface area contributed by atoms with Crippen LogP contribution in [-0.4, -0.2) is 28.1 Å². The molecule has 1 aliphatic carbocycles. The minimum absolute atomic E-state index is 0.123. The summed E-state index contributed by atoms with van der Waals surface area (Å²) < 4.78 is 13.7. The molecule has 150 valence electrons. The molecular formula is C22H21ClFN3O2. The number of benzene rings is 2. The lowest BCUT2D eigenvalue weighted by molar-refractivity contribution is -0.141. The second-order valence-electron chi connectivity index (χ2n) is 7.52. The summed E-state index contributed by atoms with van der Waals surface area (Å²) in [4.78, 5) is 32.4. The Morgan fingerprint density at radius 3 is 2.45 bits per heavy atom. The van der Waals surface area contributed by atoms with Crippen molar-refractivity contribution in [2.24, 2.45) is 10.7 Å². The summed E-state index contributed by atoms with van der Waals surface area (Å²) in [7, 11) is 0. The van der Waals surface area contributed by atoms with E-state index in [1.807, 2.05) is 30.3 Å². The Kier molecular flexibility index (Phi) is 5.13. The van der Waals surface area contributed by atoms with Crippen molar-refractivity contribution < 1.29 is 14.0 Å². The first kappa shape index (κ1) is 19.6. The van der Waals surface area contributed by atoms with E-state index in [1.54, 1.807) is 0 Å².